The number of nitrogens with zero attached hydrogens (tertiary/aromatic N) is 1. The van der Waals surface area contributed by atoms with Crippen LogP contribution in [0.3, 0.4) is 0 Å². The summed E-state index contributed by atoms with van der Waals surface area (Å²) in [6.45, 7) is 0.731. The lowest BCUT2D eigenvalue weighted by atomic mass is 10.1. The van der Waals surface area contributed by atoms with Gasteiger partial charge in [-0.3, -0.25) is 0 Å². The van der Waals surface area contributed by atoms with Gasteiger partial charge in [-0.15, -0.1) is 0 Å². The molecule has 0 aromatic rings. The van der Waals surface area contributed by atoms with Crippen molar-refractivity contribution in [3.8, 4) is 0 Å². The van der Waals surface area contributed by atoms with Gasteiger partial charge < -0.3 is 0 Å². The minimum atomic E-state index is -3.04. The Hall–Kier alpha value is 0.390. The third kappa shape index (κ3) is 3.04. The Morgan fingerprint density at radius 2 is 1.65 bits per heavy atom. The molecule has 0 radical (unpaired) electrons. The fourth-order valence-corrected chi connectivity index (χ4v) is 6.17. The lowest BCUT2D eigenvalue weighted by Gasteiger charge is -2.30. The van der Waals surface area contributed by atoms with Crippen LogP contribution >= 0.6 is 15.9 Å². The summed E-state index contributed by atoms with van der Waals surface area (Å²) in [6, 6.07) is 0.183. The molecule has 0 N–H and O–H groups in total. The van der Waals surface area contributed by atoms with Gasteiger partial charge >= 0.3 is 0 Å². The molecule has 2 fully saturated rings. The molecule has 0 bridgehead atoms. The van der Waals surface area contributed by atoms with E-state index in [0.717, 1.165) is 56.8 Å². The van der Waals surface area contributed by atoms with Crippen LogP contribution in [0.4, 0.5) is 0 Å². The zero-order valence-electron chi connectivity index (χ0n) is 10.3. The van der Waals surface area contributed by atoms with Gasteiger partial charge in [-0.05, 0) is 25.7 Å². The van der Waals surface area contributed by atoms with Crippen molar-refractivity contribution in [2.75, 3.05) is 11.9 Å². The van der Waals surface area contributed by atoms with E-state index in [2.05, 4.69) is 15.9 Å². The van der Waals surface area contributed by atoms with E-state index in [0.29, 0.717) is 0 Å². The molecule has 17 heavy (non-hydrogen) atoms. The Morgan fingerprint density at radius 1 is 1.00 bits per heavy atom. The minimum absolute atomic E-state index is 0.0952. The lowest BCUT2D eigenvalue weighted by molar-refractivity contribution is 0.342. The van der Waals surface area contributed by atoms with E-state index in [1.165, 1.54) is 6.42 Å². The quantitative estimate of drug-likeness (QED) is 0.749. The molecule has 1 aliphatic heterocycles. The molecule has 3 nitrogen and oxygen atoms in total. The normalized spacial score (nSPS) is 29.4. The molecule has 0 aromatic carbocycles. The van der Waals surface area contributed by atoms with E-state index in [-0.39, 0.29) is 11.3 Å². The first-order valence-corrected chi connectivity index (χ1v) is 9.35. The van der Waals surface area contributed by atoms with Crippen LogP contribution in [0, 0.1) is 0 Å². The average Bonchev–Trinajstić information content (AvgIpc) is 2.74. The van der Waals surface area contributed by atoms with E-state index in [1.807, 2.05) is 4.31 Å². The molecule has 1 unspecified atom stereocenters. The molecule has 1 aliphatic carbocycles. The van der Waals surface area contributed by atoms with E-state index in [9.17, 15) is 8.42 Å². The van der Waals surface area contributed by atoms with Crippen molar-refractivity contribution in [2.24, 2.45) is 0 Å². The Bertz CT molecular complexity index is 338. The highest BCUT2D eigenvalue weighted by Crippen LogP contribution is 2.31. The molecule has 100 valence electrons. The highest BCUT2D eigenvalue weighted by molar-refractivity contribution is 9.09. The first-order chi connectivity index (χ1) is 8.16. The highest BCUT2D eigenvalue weighted by atomic mass is 79.9. The Labute approximate surface area is 113 Å². The van der Waals surface area contributed by atoms with Gasteiger partial charge in [0.25, 0.3) is 0 Å². The number of alkyl halides is 1. The molecule has 1 atom stereocenters. The molecule has 1 saturated heterocycles. The maximum Gasteiger partial charge on any atom is 0.217 e. The summed E-state index contributed by atoms with van der Waals surface area (Å²) in [4.78, 5) is 0. The lowest BCUT2D eigenvalue weighted by Crippen LogP contribution is -2.45. The number of hydrogen-bond acceptors (Lipinski definition) is 2. The predicted octanol–water partition coefficient (Wildman–Crippen LogP) is 2.90. The number of sulfonamides is 1. The van der Waals surface area contributed by atoms with Gasteiger partial charge in [-0.25, -0.2) is 8.42 Å². The van der Waals surface area contributed by atoms with Crippen molar-refractivity contribution in [1.82, 2.24) is 4.31 Å². The van der Waals surface area contributed by atoms with Gasteiger partial charge in [0.2, 0.25) is 10.0 Å². The summed E-state index contributed by atoms with van der Waals surface area (Å²) >= 11 is 3.48. The van der Waals surface area contributed by atoms with Crippen LogP contribution in [0.5, 0.6) is 0 Å². The first kappa shape index (κ1) is 13.8. The van der Waals surface area contributed by atoms with Crippen LogP contribution < -0.4 is 0 Å². The summed E-state index contributed by atoms with van der Waals surface area (Å²) in [7, 11) is -3.04. The van der Waals surface area contributed by atoms with Gasteiger partial charge in [-0.2, -0.15) is 4.31 Å². The van der Waals surface area contributed by atoms with E-state index in [4.69, 9.17) is 0 Å². The van der Waals surface area contributed by atoms with Crippen LogP contribution in [0.25, 0.3) is 0 Å². The molecule has 0 amide bonds. The molecule has 1 saturated carbocycles. The topological polar surface area (TPSA) is 37.4 Å². The largest absolute Gasteiger partial charge is 0.217 e. The van der Waals surface area contributed by atoms with Crippen molar-refractivity contribution in [3.05, 3.63) is 0 Å². The third-order valence-corrected chi connectivity index (χ3v) is 7.25. The maximum atomic E-state index is 12.6. The molecule has 2 rings (SSSR count). The second kappa shape index (κ2) is 6.02. The first-order valence-electron chi connectivity index (χ1n) is 6.73. The number of hydrogen-bond donors (Lipinski definition) is 0. The summed E-state index contributed by atoms with van der Waals surface area (Å²) in [5, 5.41) is 0.682. The van der Waals surface area contributed by atoms with Gasteiger partial charge in [0.05, 0.1) is 5.25 Å². The summed E-state index contributed by atoms with van der Waals surface area (Å²) < 4.78 is 27.0. The molecule has 2 aliphatic rings. The zero-order valence-corrected chi connectivity index (χ0v) is 12.7. The van der Waals surface area contributed by atoms with Gasteiger partial charge in [-0.1, -0.05) is 41.6 Å². The fourth-order valence-electron chi connectivity index (χ4n) is 3.02. The van der Waals surface area contributed by atoms with Crippen LogP contribution in [0.1, 0.15) is 51.4 Å². The predicted molar refractivity (Wildman–Crippen MR) is 73.9 cm³/mol. The molecular formula is C12H22BrNO2S. The van der Waals surface area contributed by atoms with Crippen LogP contribution in [0.15, 0.2) is 0 Å². The van der Waals surface area contributed by atoms with Crippen molar-refractivity contribution >= 4 is 26.0 Å². The smallest absolute Gasteiger partial charge is 0.212 e. The van der Waals surface area contributed by atoms with Gasteiger partial charge in [0.15, 0.2) is 0 Å². The Morgan fingerprint density at radius 3 is 2.29 bits per heavy atom. The summed E-state index contributed by atoms with van der Waals surface area (Å²) in [5.74, 6) is 0. The van der Waals surface area contributed by atoms with E-state index in [1.54, 1.807) is 0 Å². The standard InChI is InChI=1S/C12H22BrNO2S/c13-10-11-6-2-1-5-9-14(11)17(15,16)12-7-3-4-8-12/h11-12H,1-10H2. The zero-order chi connectivity index (χ0) is 12.3. The Balaban J connectivity index is 2.16. The third-order valence-electron chi connectivity index (χ3n) is 4.05. The molecule has 0 spiro atoms. The van der Waals surface area contributed by atoms with Crippen molar-refractivity contribution in [3.63, 3.8) is 0 Å². The van der Waals surface area contributed by atoms with Crippen molar-refractivity contribution < 1.29 is 8.42 Å². The van der Waals surface area contributed by atoms with Crippen LogP contribution in [0.2, 0.25) is 0 Å². The molecular weight excluding hydrogens is 302 g/mol. The Kier molecular flexibility index (Phi) is 4.89. The van der Waals surface area contributed by atoms with Gasteiger partial charge in [0, 0.05) is 17.9 Å². The van der Waals surface area contributed by atoms with Gasteiger partial charge in [0.1, 0.15) is 0 Å². The SMILES string of the molecule is O=S(=O)(C1CCCC1)N1CCCCCC1CBr. The molecule has 1 heterocycles. The van der Waals surface area contributed by atoms with E-state index >= 15 is 0 Å². The molecule has 5 heteroatoms. The average molecular weight is 324 g/mol. The van der Waals surface area contributed by atoms with E-state index < -0.39 is 10.0 Å². The maximum absolute atomic E-state index is 12.6. The second-order valence-corrected chi connectivity index (χ2v) is 8.03. The summed E-state index contributed by atoms with van der Waals surface area (Å²) in [6.07, 6.45) is 8.26. The van der Waals surface area contributed by atoms with Crippen LogP contribution in [-0.4, -0.2) is 35.9 Å². The summed E-state index contributed by atoms with van der Waals surface area (Å²) in [5.41, 5.74) is 0. The number of halogens is 1. The number of rotatable bonds is 3. The highest BCUT2D eigenvalue weighted by Gasteiger charge is 2.37. The molecule has 0 aromatic heterocycles. The second-order valence-electron chi connectivity index (χ2n) is 5.22. The van der Waals surface area contributed by atoms with Crippen LogP contribution in [-0.2, 0) is 10.0 Å². The van der Waals surface area contributed by atoms with Crippen molar-refractivity contribution in [1.29, 1.82) is 0 Å². The minimum Gasteiger partial charge on any atom is -0.212 e. The fraction of sp³-hybridized carbons (Fsp3) is 1.00. The monoisotopic (exact) mass is 323 g/mol. The van der Waals surface area contributed by atoms with Crippen molar-refractivity contribution in [2.45, 2.75) is 62.7 Å².